The Kier molecular flexibility index (Phi) is 6.96. The van der Waals surface area contributed by atoms with Crippen LogP contribution >= 0.6 is 12.2 Å². The number of aromatic nitrogens is 1. The van der Waals surface area contributed by atoms with Crippen LogP contribution in [0.2, 0.25) is 0 Å². The molecule has 2 aromatic carbocycles. The zero-order chi connectivity index (χ0) is 25.8. The van der Waals surface area contributed by atoms with Crippen molar-refractivity contribution in [2.45, 2.75) is 12.1 Å². The topological polar surface area (TPSA) is 96.7 Å². The lowest BCUT2D eigenvalue weighted by atomic mass is 10.0. The van der Waals surface area contributed by atoms with Gasteiger partial charge in [0, 0.05) is 17.4 Å². The first kappa shape index (κ1) is 24.2. The summed E-state index contributed by atoms with van der Waals surface area (Å²) in [6.07, 6.45) is 1.71. The molecule has 186 valence electrons. The number of benzene rings is 2. The van der Waals surface area contributed by atoms with E-state index in [1.54, 1.807) is 35.4 Å². The number of methoxy groups -OCH3 is 1. The molecule has 3 heterocycles. The van der Waals surface area contributed by atoms with Crippen LogP contribution in [0.25, 0.3) is 11.3 Å². The number of anilines is 1. The lowest BCUT2D eigenvalue weighted by molar-refractivity contribution is -0.116. The minimum atomic E-state index is -0.456. The highest BCUT2D eigenvalue weighted by molar-refractivity contribution is 7.80. The zero-order valence-corrected chi connectivity index (χ0v) is 20.8. The third-order valence-electron chi connectivity index (χ3n) is 6.09. The van der Waals surface area contributed by atoms with Crippen molar-refractivity contribution in [1.82, 2.24) is 15.2 Å². The van der Waals surface area contributed by atoms with Crippen LogP contribution in [0, 0.1) is 0 Å². The smallest absolute Gasteiger partial charge is 0.338 e. The molecule has 9 heteroatoms. The van der Waals surface area contributed by atoms with E-state index in [0.29, 0.717) is 33.4 Å². The molecule has 37 heavy (non-hydrogen) atoms. The predicted octanol–water partition coefficient (Wildman–Crippen LogP) is 4.74. The molecule has 0 radical (unpaired) electrons. The second kappa shape index (κ2) is 10.6. The molecule has 1 aliphatic heterocycles. The third kappa shape index (κ3) is 5.07. The van der Waals surface area contributed by atoms with E-state index in [2.05, 4.69) is 15.6 Å². The molecule has 1 saturated heterocycles. The first-order valence-corrected chi connectivity index (χ1v) is 12.1. The summed E-state index contributed by atoms with van der Waals surface area (Å²) >= 11 is 5.65. The first-order valence-electron chi connectivity index (χ1n) is 11.7. The van der Waals surface area contributed by atoms with Gasteiger partial charge in [0.1, 0.15) is 24.1 Å². The van der Waals surface area contributed by atoms with Crippen LogP contribution in [-0.4, -0.2) is 40.5 Å². The number of hydrogen-bond acceptors (Lipinski definition) is 6. The predicted molar refractivity (Wildman–Crippen MR) is 143 cm³/mol. The van der Waals surface area contributed by atoms with Crippen molar-refractivity contribution in [2.24, 2.45) is 0 Å². The van der Waals surface area contributed by atoms with Gasteiger partial charge in [-0.05, 0) is 54.7 Å². The number of rotatable bonds is 7. The Balaban J connectivity index is 1.49. The molecular formula is C28H24N4O4S. The Bertz CT molecular complexity index is 1420. The van der Waals surface area contributed by atoms with Crippen molar-refractivity contribution in [3.05, 3.63) is 108 Å². The fourth-order valence-electron chi connectivity index (χ4n) is 4.40. The molecule has 1 amide bonds. The van der Waals surface area contributed by atoms with Gasteiger partial charge < -0.3 is 24.7 Å². The zero-order valence-electron chi connectivity index (χ0n) is 20.0. The molecule has 0 saturated carbocycles. The van der Waals surface area contributed by atoms with E-state index >= 15 is 0 Å². The number of carbonyl (C=O) groups excluding carboxylic acids is 2. The van der Waals surface area contributed by atoms with Crippen molar-refractivity contribution < 1.29 is 18.7 Å². The van der Waals surface area contributed by atoms with Crippen molar-refractivity contribution in [1.29, 1.82) is 0 Å². The summed E-state index contributed by atoms with van der Waals surface area (Å²) in [4.78, 5) is 31.6. The fourth-order valence-corrected chi connectivity index (χ4v) is 4.71. The molecule has 0 unspecified atom stereocenters. The number of carbonyl (C=O) groups is 2. The number of thiocarbonyl (C=S) groups is 1. The minimum absolute atomic E-state index is 0.00348. The van der Waals surface area contributed by atoms with Gasteiger partial charge in [-0.3, -0.25) is 9.78 Å². The molecular weight excluding hydrogens is 488 g/mol. The molecule has 0 spiro atoms. The Morgan fingerprint density at radius 2 is 1.78 bits per heavy atom. The van der Waals surface area contributed by atoms with Crippen LogP contribution in [0.4, 0.5) is 5.69 Å². The molecule has 2 atom stereocenters. The molecule has 0 aliphatic carbocycles. The van der Waals surface area contributed by atoms with E-state index in [0.717, 1.165) is 5.69 Å². The molecule has 8 nitrogen and oxygen atoms in total. The van der Waals surface area contributed by atoms with Crippen molar-refractivity contribution >= 4 is 34.9 Å². The average Bonchev–Trinajstić information content (AvgIpc) is 3.54. The maximum Gasteiger partial charge on any atom is 0.338 e. The maximum atomic E-state index is 13.0. The second-order valence-electron chi connectivity index (χ2n) is 8.41. The number of pyridine rings is 1. The van der Waals surface area contributed by atoms with Gasteiger partial charge in [0.25, 0.3) is 0 Å². The number of esters is 1. The number of furan rings is 1. The third-order valence-corrected chi connectivity index (χ3v) is 6.44. The van der Waals surface area contributed by atoms with Crippen LogP contribution in [0.15, 0.2) is 95.5 Å². The summed E-state index contributed by atoms with van der Waals surface area (Å²) in [7, 11) is 1.34. The van der Waals surface area contributed by atoms with Crippen molar-refractivity contribution in [3.8, 4) is 11.3 Å². The normalized spacial score (nSPS) is 16.8. The molecule has 2 N–H and O–H groups in total. The van der Waals surface area contributed by atoms with E-state index in [1.165, 1.54) is 7.11 Å². The summed E-state index contributed by atoms with van der Waals surface area (Å²) in [6, 6.07) is 24.8. The van der Waals surface area contributed by atoms with Crippen molar-refractivity contribution in [3.63, 3.8) is 0 Å². The fraction of sp³-hybridized carbons (Fsp3) is 0.143. The number of ether oxygens (including phenoxy) is 1. The largest absolute Gasteiger partial charge is 0.465 e. The monoisotopic (exact) mass is 512 g/mol. The van der Waals surface area contributed by atoms with Gasteiger partial charge >= 0.3 is 5.97 Å². The van der Waals surface area contributed by atoms with Crippen molar-refractivity contribution in [2.75, 3.05) is 19.0 Å². The highest BCUT2D eigenvalue weighted by atomic mass is 32.1. The van der Waals surface area contributed by atoms with E-state index in [-0.39, 0.29) is 18.5 Å². The standard InChI is InChI=1S/C28H24N4O4S/c1-35-27(34)20-12-6-5-11-19(20)22-14-15-23(36-22)26-25(21-13-7-8-16-29-21)31-28(37)32(26)17-24(33)30-18-9-3-2-4-10-18/h2-16,25-26H,17H2,1H3,(H,30,33)(H,31,37)/t25-,26-/m1/s1. The summed E-state index contributed by atoms with van der Waals surface area (Å²) in [5.41, 5.74) is 2.46. The quantitative estimate of drug-likeness (QED) is 0.271. The number of nitrogens with zero attached hydrogens (tertiary/aromatic N) is 2. The maximum absolute atomic E-state index is 13.0. The summed E-state index contributed by atoms with van der Waals surface area (Å²) < 4.78 is 11.2. The Morgan fingerprint density at radius 1 is 1.03 bits per heavy atom. The number of hydrogen-bond donors (Lipinski definition) is 2. The van der Waals surface area contributed by atoms with Gasteiger partial charge in [-0.15, -0.1) is 0 Å². The van der Waals surface area contributed by atoms with Crippen LogP contribution in [0.1, 0.15) is 33.9 Å². The molecule has 2 aromatic heterocycles. The Morgan fingerprint density at radius 3 is 2.54 bits per heavy atom. The number of nitrogens with one attached hydrogen (secondary N) is 2. The molecule has 4 aromatic rings. The molecule has 1 fully saturated rings. The highest BCUT2D eigenvalue weighted by Gasteiger charge is 2.42. The van der Waals surface area contributed by atoms with Crippen LogP contribution in [0.5, 0.6) is 0 Å². The van der Waals surface area contributed by atoms with Gasteiger partial charge in [-0.25, -0.2) is 4.79 Å². The summed E-state index contributed by atoms with van der Waals surface area (Å²) in [6.45, 7) is 0.00348. The minimum Gasteiger partial charge on any atom is -0.465 e. The molecule has 5 rings (SSSR count). The van der Waals surface area contributed by atoms with Gasteiger partial charge in [0.2, 0.25) is 5.91 Å². The second-order valence-corrected chi connectivity index (χ2v) is 8.79. The molecule has 1 aliphatic rings. The average molecular weight is 513 g/mol. The van der Waals surface area contributed by atoms with E-state index in [9.17, 15) is 9.59 Å². The highest BCUT2D eigenvalue weighted by Crippen LogP contribution is 2.40. The van der Waals surface area contributed by atoms with Crippen LogP contribution in [0.3, 0.4) is 0 Å². The van der Waals surface area contributed by atoms with Gasteiger partial charge in [-0.2, -0.15) is 0 Å². The summed E-state index contributed by atoms with van der Waals surface area (Å²) in [5, 5.41) is 6.63. The Labute approximate surface area is 219 Å². The first-order chi connectivity index (χ1) is 18.0. The summed E-state index contributed by atoms with van der Waals surface area (Å²) in [5.74, 6) is 0.403. The van der Waals surface area contributed by atoms with E-state index in [1.807, 2.05) is 60.7 Å². The van der Waals surface area contributed by atoms with Gasteiger partial charge in [0.15, 0.2) is 5.11 Å². The van der Waals surface area contributed by atoms with Crippen LogP contribution < -0.4 is 10.6 Å². The lowest BCUT2D eigenvalue weighted by Gasteiger charge is -2.25. The Hall–Kier alpha value is -4.50. The SMILES string of the molecule is COC(=O)c1ccccc1-c1ccc([C@@H]2[C@@H](c3ccccn3)NC(=S)N2CC(=O)Nc2ccccc2)o1. The van der Waals surface area contributed by atoms with E-state index < -0.39 is 12.0 Å². The van der Waals surface area contributed by atoms with Gasteiger partial charge in [0.05, 0.1) is 24.4 Å². The van der Waals surface area contributed by atoms with Crippen LogP contribution in [-0.2, 0) is 9.53 Å². The lowest BCUT2D eigenvalue weighted by Crippen LogP contribution is -2.36. The number of para-hydroxylation sites is 1. The van der Waals surface area contributed by atoms with Gasteiger partial charge in [-0.1, -0.05) is 42.5 Å². The van der Waals surface area contributed by atoms with E-state index in [4.69, 9.17) is 21.4 Å². The molecule has 0 bridgehead atoms. The number of amides is 1.